The van der Waals surface area contributed by atoms with Crippen molar-refractivity contribution in [2.24, 2.45) is 0 Å². The molecule has 222 valence electrons. The van der Waals surface area contributed by atoms with Crippen LogP contribution < -0.4 is 10.6 Å². The number of sulfonamides is 1. The smallest absolute Gasteiger partial charge is 0.255 e. The van der Waals surface area contributed by atoms with Gasteiger partial charge in [-0.2, -0.15) is 4.31 Å². The monoisotopic (exact) mass is 596 g/mol. The third-order valence-electron chi connectivity index (χ3n) is 7.68. The summed E-state index contributed by atoms with van der Waals surface area (Å²) in [6, 6.07) is 30.8. The van der Waals surface area contributed by atoms with Crippen LogP contribution in [0.4, 0.5) is 5.69 Å². The molecule has 1 unspecified atom stereocenters. The van der Waals surface area contributed by atoms with Crippen molar-refractivity contribution in [1.82, 2.24) is 14.5 Å². The van der Waals surface area contributed by atoms with E-state index in [1.165, 1.54) is 0 Å². The van der Waals surface area contributed by atoms with Crippen LogP contribution in [0.1, 0.15) is 50.4 Å². The average Bonchev–Trinajstić information content (AvgIpc) is 3.02. The second-order valence-corrected chi connectivity index (χ2v) is 12.7. The van der Waals surface area contributed by atoms with E-state index >= 15 is 0 Å². The van der Waals surface area contributed by atoms with Gasteiger partial charge in [0.2, 0.25) is 10.0 Å². The second kappa shape index (κ2) is 13.3. The molecular weight excluding hydrogens is 560 g/mol. The molecule has 43 heavy (non-hydrogen) atoms. The number of amides is 2. The Kier molecular flexibility index (Phi) is 9.35. The highest BCUT2D eigenvalue weighted by molar-refractivity contribution is 7.89. The van der Waals surface area contributed by atoms with E-state index in [0.717, 1.165) is 16.7 Å². The quantitative estimate of drug-likeness (QED) is 0.275. The summed E-state index contributed by atoms with van der Waals surface area (Å²) in [7, 11) is -3.51. The van der Waals surface area contributed by atoms with Crippen LogP contribution in [0.15, 0.2) is 108 Å². The molecule has 0 radical (unpaired) electrons. The molecule has 9 heteroatoms. The van der Waals surface area contributed by atoms with Gasteiger partial charge in [0.05, 0.1) is 22.2 Å². The Bertz CT molecular complexity index is 1670. The summed E-state index contributed by atoms with van der Waals surface area (Å²) in [6.45, 7) is 6.60. The first-order valence-electron chi connectivity index (χ1n) is 14.3. The van der Waals surface area contributed by atoms with E-state index in [9.17, 15) is 18.0 Å². The molecule has 4 aromatic rings. The van der Waals surface area contributed by atoms with Crippen LogP contribution in [0.3, 0.4) is 0 Å². The first-order chi connectivity index (χ1) is 20.7. The minimum absolute atomic E-state index is 0.189. The fourth-order valence-corrected chi connectivity index (χ4v) is 6.51. The number of aryl methyl sites for hydroxylation is 1. The maximum atomic E-state index is 13.1. The first kappa shape index (κ1) is 30.2. The van der Waals surface area contributed by atoms with E-state index in [2.05, 4.69) is 15.5 Å². The van der Waals surface area contributed by atoms with Gasteiger partial charge in [0.1, 0.15) is 0 Å². The summed E-state index contributed by atoms with van der Waals surface area (Å²) in [5, 5.41) is 5.89. The van der Waals surface area contributed by atoms with Crippen molar-refractivity contribution in [3.63, 3.8) is 0 Å². The lowest BCUT2D eigenvalue weighted by atomic mass is 10.1. The molecule has 4 aromatic carbocycles. The highest BCUT2D eigenvalue weighted by atomic mass is 32.2. The Hall–Kier alpha value is -4.31. The second-order valence-electron chi connectivity index (χ2n) is 10.8. The zero-order valence-corrected chi connectivity index (χ0v) is 25.2. The Morgan fingerprint density at radius 2 is 1.40 bits per heavy atom. The summed E-state index contributed by atoms with van der Waals surface area (Å²) in [5.74, 6) is -0.577. The predicted octanol–water partition coefficient (Wildman–Crippen LogP) is 5.24. The molecule has 1 saturated heterocycles. The molecule has 0 saturated carbocycles. The molecule has 0 aromatic heterocycles. The fraction of sp³-hybridized carbons (Fsp3) is 0.235. The highest BCUT2D eigenvalue weighted by Gasteiger charge is 2.28. The Morgan fingerprint density at radius 1 is 0.767 bits per heavy atom. The zero-order chi connectivity index (χ0) is 30.4. The van der Waals surface area contributed by atoms with Crippen molar-refractivity contribution >= 4 is 27.5 Å². The lowest BCUT2D eigenvalue weighted by molar-refractivity contribution is 0.0940. The van der Waals surface area contributed by atoms with E-state index in [-0.39, 0.29) is 17.9 Å². The van der Waals surface area contributed by atoms with Crippen molar-refractivity contribution < 1.29 is 18.0 Å². The largest absolute Gasteiger partial charge is 0.345 e. The van der Waals surface area contributed by atoms with Crippen molar-refractivity contribution in [2.45, 2.75) is 31.3 Å². The third kappa shape index (κ3) is 7.37. The van der Waals surface area contributed by atoms with Crippen LogP contribution in [0, 0.1) is 6.92 Å². The molecule has 0 spiro atoms. The number of benzene rings is 4. The minimum atomic E-state index is -3.51. The van der Waals surface area contributed by atoms with Gasteiger partial charge in [-0.1, -0.05) is 72.3 Å². The van der Waals surface area contributed by atoms with Crippen LogP contribution in [0.2, 0.25) is 0 Å². The number of anilines is 1. The molecule has 2 N–H and O–H groups in total. The summed E-state index contributed by atoms with van der Waals surface area (Å²) in [6.07, 6.45) is 0. The molecular formula is C34H36N4O4S. The Morgan fingerprint density at radius 3 is 2.07 bits per heavy atom. The predicted molar refractivity (Wildman–Crippen MR) is 168 cm³/mol. The summed E-state index contributed by atoms with van der Waals surface area (Å²) < 4.78 is 27.6. The normalized spacial score (nSPS) is 15.0. The number of rotatable bonds is 9. The van der Waals surface area contributed by atoms with Crippen molar-refractivity contribution in [3.8, 4) is 0 Å². The number of hydrogen-bond acceptors (Lipinski definition) is 5. The topological polar surface area (TPSA) is 98.8 Å². The van der Waals surface area contributed by atoms with Crippen LogP contribution in [-0.2, 0) is 16.6 Å². The average molecular weight is 597 g/mol. The first-order valence-corrected chi connectivity index (χ1v) is 15.8. The number of carbonyl (C=O) groups excluding carboxylic acids is 2. The highest BCUT2D eigenvalue weighted by Crippen LogP contribution is 2.21. The number of nitrogens with zero attached hydrogens (tertiary/aromatic N) is 2. The Balaban J connectivity index is 1.16. The van der Waals surface area contributed by atoms with E-state index < -0.39 is 10.0 Å². The van der Waals surface area contributed by atoms with Gasteiger partial charge in [-0.3, -0.25) is 14.5 Å². The standard InChI is InChI=1S/C34H36N4O4S/c1-25-12-18-30(19-13-25)43(41,42)38-22-20-37(21-23-38)24-27-14-16-29(17-15-27)33(39)36-32-11-7-6-10-31(32)34(40)35-26(2)28-8-4-3-5-9-28/h3-19,26H,20-24H2,1-2H3,(H,35,40)(H,36,39). The molecule has 1 aliphatic rings. The van der Waals surface area contributed by atoms with Gasteiger partial charge in [0.15, 0.2) is 0 Å². The van der Waals surface area contributed by atoms with Crippen molar-refractivity contribution in [1.29, 1.82) is 0 Å². The zero-order valence-electron chi connectivity index (χ0n) is 24.4. The van der Waals surface area contributed by atoms with Crippen LogP contribution in [0.25, 0.3) is 0 Å². The van der Waals surface area contributed by atoms with Crippen molar-refractivity contribution in [2.75, 3.05) is 31.5 Å². The van der Waals surface area contributed by atoms with Crippen LogP contribution in [-0.4, -0.2) is 55.6 Å². The lowest BCUT2D eigenvalue weighted by Gasteiger charge is -2.34. The maximum absolute atomic E-state index is 13.1. The van der Waals surface area contributed by atoms with E-state index in [0.29, 0.717) is 54.4 Å². The number of para-hydroxylation sites is 1. The van der Waals surface area contributed by atoms with E-state index in [1.54, 1.807) is 52.8 Å². The summed E-state index contributed by atoms with van der Waals surface area (Å²) >= 11 is 0. The Labute approximate surface area is 253 Å². The molecule has 2 amide bonds. The molecule has 1 aliphatic heterocycles. The molecule has 8 nitrogen and oxygen atoms in total. The number of nitrogens with one attached hydrogen (secondary N) is 2. The summed E-state index contributed by atoms with van der Waals surface area (Å²) in [4.78, 5) is 28.7. The third-order valence-corrected chi connectivity index (χ3v) is 9.59. The van der Waals surface area contributed by atoms with Gasteiger partial charge in [-0.25, -0.2) is 8.42 Å². The van der Waals surface area contributed by atoms with Gasteiger partial charge in [0.25, 0.3) is 11.8 Å². The van der Waals surface area contributed by atoms with Gasteiger partial charge < -0.3 is 10.6 Å². The maximum Gasteiger partial charge on any atom is 0.255 e. The number of piperazine rings is 1. The molecule has 1 heterocycles. The fourth-order valence-electron chi connectivity index (χ4n) is 5.09. The molecule has 0 aliphatic carbocycles. The summed E-state index contributed by atoms with van der Waals surface area (Å²) in [5.41, 5.74) is 4.35. The van der Waals surface area contributed by atoms with E-state index in [1.807, 2.05) is 68.4 Å². The van der Waals surface area contributed by atoms with Crippen molar-refractivity contribution in [3.05, 3.63) is 131 Å². The lowest BCUT2D eigenvalue weighted by Crippen LogP contribution is -2.48. The van der Waals surface area contributed by atoms with Gasteiger partial charge in [0, 0.05) is 38.3 Å². The van der Waals surface area contributed by atoms with Crippen LogP contribution >= 0.6 is 0 Å². The van der Waals surface area contributed by atoms with Gasteiger partial charge in [-0.15, -0.1) is 0 Å². The van der Waals surface area contributed by atoms with Gasteiger partial charge in [-0.05, 0) is 61.4 Å². The molecule has 0 bridgehead atoms. The molecule has 5 rings (SSSR count). The molecule has 1 atom stereocenters. The van der Waals surface area contributed by atoms with E-state index in [4.69, 9.17) is 0 Å². The number of hydrogen-bond donors (Lipinski definition) is 2. The number of carbonyl (C=O) groups is 2. The van der Waals surface area contributed by atoms with Crippen LogP contribution in [0.5, 0.6) is 0 Å². The SMILES string of the molecule is Cc1ccc(S(=O)(=O)N2CCN(Cc3ccc(C(=O)Nc4ccccc4C(=O)NC(C)c4ccccc4)cc3)CC2)cc1. The molecule has 1 fully saturated rings. The van der Waals surface area contributed by atoms with Gasteiger partial charge >= 0.3 is 0 Å². The minimum Gasteiger partial charge on any atom is -0.345 e.